The third-order valence-electron chi connectivity index (χ3n) is 3.81. The zero-order valence-corrected chi connectivity index (χ0v) is 13.4. The molecular formula is C15H24N4O2. The first-order valence-corrected chi connectivity index (χ1v) is 7.32. The van der Waals surface area contributed by atoms with Crippen LogP contribution in [0.2, 0.25) is 0 Å². The first-order valence-electron chi connectivity index (χ1n) is 7.32. The van der Waals surface area contributed by atoms with Gasteiger partial charge < -0.3 is 9.64 Å². The number of hydrogen-bond acceptors (Lipinski definition) is 4. The minimum absolute atomic E-state index is 0.0406. The van der Waals surface area contributed by atoms with Gasteiger partial charge in [-0.3, -0.25) is 5.32 Å². The number of carbonyl (C=O) groups excluding carboxylic acids is 1. The maximum atomic E-state index is 12.3. The minimum Gasteiger partial charge on any atom is -0.375 e. The van der Waals surface area contributed by atoms with Crippen LogP contribution in [0.4, 0.5) is 10.6 Å². The number of morpholine rings is 1. The fourth-order valence-corrected chi connectivity index (χ4v) is 2.20. The maximum absolute atomic E-state index is 12.3. The van der Waals surface area contributed by atoms with Gasteiger partial charge in [-0.15, -0.1) is 5.10 Å². The summed E-state index contributed by atoms with van der Waals surface area (Å²) in [7, 11) is 0. The van der Waals surface area contributed by atoms with Gasteiger partial charge in [0.1, 0.15) is 0 Å². The Kier molecular flexibility index (Phi) is 4.46. The number of amides is 2. The van der Waals surface area contributed by atoms with E-state index in [0.29, 0.717) is 19.0 Å². The van der Waals surface area contributed by atoms with Crippen molar-refractivity contribution in [1.82, 2.24) is 15.1 Å². The fraction of sp³-hybridized carbons (Fsp3) is 0.667. The average Bonchev–Trinajstić information content (AvgIpc) is 2.41. The van der Waals surface area contributed by atoms with E-state index in [4.69, 9.17) is 4.74 Å². The summed E-state index contributed by atoms with van der Waals surface area (Å²) in [4.78, 5) is 14.1. The van der Waals surface area contributed by atoms with Crippen molar-refractivity contribution in [2.75, 3.05) is 18.5 Å². The SMILES string of the molecule is C[C@@H]1[C@@H](C)OCCN1C(=O)Nc1ccc(C(C)(C)C)nn1. The molecule has 116 valence electrons. The highest BCUT2D eigenvalue weighted by Gasteiger charge is 2.29. The smallest absolute Gasteiger partial charge is 0.323 e. The molecule has 0 spiro atoms. The Hall–Kier alpha value is -1.69. The number of rotatable bonds is 1. The molecule has 0 radical (unpaired) electrons. The highest BCUT2D eigenvalue weighted by molar-refractivity contribution is 5.88. The van der Waals surface area contributed by atoms with E-state index in [9.17, 15) is 4.79 Å². The molecule has 0 unspecified atom stereocenters. The molecule has 1 aliphatic heterocycles. The number of urea groups is 1. The number of hydrogen-bond donors (Lipinski definition) is 1. The molecule has 1 aromatic rings. The van der Waals surface area contributed by atoms with Gasteiger partial charge in [0, 0.05) is 12.0 Å². The Morgan fingerprint density at radius 3 is 2.62 bits per heavy atom. The van der Waals surface area contributed by atoms with Crippen molar-refractivity contribution in [1.29, 1.82) is 0 Å². The molecule has 0 bridgehead atoms. The van der Waals surface area contributed by atoms with Gasteiger partial charge in [-0.2, -0.15) is 5.10 Å². The zero-order valence-electron chi connectivity index (χ0n) is 13.4. The summed E-state index contributed by atoms with van der Waals surface area (Å²) in [5.41, 5.74) is 0.845. The molecule has 1 fully saturated rings. The van der Waals surface area contributed by atoms with E-state index in [2.05, 4.69) is 36.3 Å². The average molecular weight is 292 g/mol. The highest BCUT2D eigenvalue weighted by atomic mass is 16.5. The number of anilines is 1. The largest absolute Gasteiger partial charge is 0.375 e. The van der Waals surface area contributed by atoms with E-state index in [0.717, 1.165) is 5.69 Å². The Bertz CT molecular complexity index is 495. The van der Waals surface area contributed by atoms with Crippen LogP contribution in [0.3, 0.4) is 0 Å². The first kappa shape index (κ1) is 15.7. The molecule has 2 amide bonds. The van der Waals surface area contributed by atoms with Crippen LogP contribution in [0, 0.1) is 0 Å². The summed E-state index contributed by atoms with van der Waals surface area (Å²) >= 11 is 0. The number of nitrogens with zero attached hydrogens (tertiary/aromatic N) is 3. The van der Waals surface area contributed by atoms with Gasteiger partial charge in [0.05, 0.1) is 24.4 Å². The van der Waals surface area contributed by atoms with Gasteiger partial charge in [-0.1, -0.05) is 20.8 Å². The van der Waals surface area contributed by atoms with E-state index >= 15 is 0 Å². The third kappa shape index (κ3) is 3.69. The Labute approximate surface area is 125 Å². The fourth-order valence-electron chi connectivity index (χ4n) is 2.20. The van der Waals surface area contributed by atoms with Crippen LogP contribution in [0.25, 0.3) is 0 Å². The molecule has 6 nitrogen and oxygen atoms in total. The molecule has 1 aromatic heterocycles. The summed E-state index contributed by atoms with van der Waals surface area (Å²) in [5, 5.41) is 11.1. The van der Waals surface area contributed by atoms with Gasteiger partial charge in [0.15, 0.2) is 5.82 Å². The van der Waals surface area contributed by atoms with Crippen molar-refractivity contribution < 1.29 is 9.53 Å². The molecule has 0 saturated carbocycles. The number of aromatic nitrogens is 2. The van der Waals surface area contributed by atoms with Crippen LogP contribution >= 0.6 is 0 Å². The number of nitrogens with one attached hydrogen (secondary N) is 1. The van der Waals surface area contributed by atoms with Crippen LogP contribution in [-0.2, 0) is 10.2 Å². The molecule has 2 rings (SSSR count). The molecule has 2 heterocycles. The normalized spacial score (nSPS) is 23.0. The lowest BCUT2D eigenvalue weighted by atomic mass is 9.92. The lowest BCUT2D eigenvalue weighted by molar-refractivity contribution is -0.0355. The zero-order chi connectivity index (χ0) is 15.6. The van der Waals surface area contributed by atoms with Gasteiger partial charge in [0.2, 0.25) is 0 Å². The first-order chi connectivity index (χ1) is 9.79. The number of ether oxygens (including phenoxy) is 1. The lowest BCUT2D eigenvalue weighted by Gasteiger charge is -2.37. The van der Waals surface area contributed by atoms with Gasteiger partial charge >= 0.3 is 6.03 Å². The van der Waals surface area contributed by atoms with Crippen molar-refractivity contribution in [2.45, 2.75) is 52.2 Å². The third-order valence-corrected chi connectivity index (χ3v) is 3.81. The Morgan fingerprint density at radius 2 is 2.05 bits per heavy atom. The monoisotopic (exact) mass is 292 g/mol. The van der Waals surface area contributed by atoms with Gasteiger partial charge in [0.25, 0.3) is 0 Å². The van der Waals surface area contributed by atoms with Crippen LogP contribution in [0.5, 0.6) is 0 Å². The van der Waals surface area contributed by atoms with Crippen molar-refractivity contribution >= 4 is 11.8 Å². The molecule has 2 atom stereocenters. The van der Waals surface area contributed by atoms with Crippen molar-refractivity contribution in [3.63, 3.8) is 0 Å². The van der Waals surface area contributed by atoms with E-state index in [1.165, 1.54) is 0 Å². The predicted molar refractivity (Wildman–Crippen MR) is 81.3 cm³/mol. The summed E-state index contributed by atoms with van der Waals surface area (Å²) in [6.45, 7) is 11.3. The molecule has 0 aliphatic carbocycles. The second-order valence-electron chi connectivity index (χ2n) is 6.49. The van der Waals surface area contributed by atoms with Crippen LogP contribution in [-0.4, -0.2) is 46.4 Å². The second-order valence-corrected chi connectivity index (χ2v) is 6.49. The molecular weight excluding hydrogens is 268 g/mol. The van der Waals surface area contributed by atoms with E-state index in [1.54, 1.807) is 11.0 Å². The topological polar surface area (TPSA) is 67.3 Å². The van der Waals surface area contributed by atoms with Crippen molar-refractivity contribution in [2.24, 2.45) is 0 Å². The molecule has 6 heteroatoms. The minimum atomic E-state index is -0.157. The Morgan fingerprint density at radius 1 is 1.33 bits per heavy atom. The summed E-state index contributed by atoms with van der Waals surface area (Å²) in [5.74, 6) is 0.472. The van der Waals surface area contributed by atoms with E-state index in [-0.39, 0.29) is 23.6 Å². The molecule has 21 heavy (non-hydrogen) atoms. The summed E-state index contributed by atoms with van der Waals surface area (Å²) in [6, 6.07) is 3.57. The van der Waals surface area contributed by atoms with Crippen LogP contribution in [0.1, 0.15) is 40.3 Å². The quantitative estimate of drug-likeness (QED) is 0.863. The van der Waals surface area contributed by atoms with Crippen molar-refractivity contribution in [3.05, 3.63) is 17.8 Å². The van der Waals surface area contributed by atoms with Gasteiger partial charge in [-0.25, -0.2) is 4.79 Å². The van der Waals surface area contributed by atoms with Crippen LogP contribution < -0.4 is 5.32 Å². The second kappa shape index (κ2) is 5.97. The van der Waals surface area contributed by atoms with Gasteiger partial charge in [-0.05, 0) is 26.0 Å². The van der Waals surface area contributed by atoms with Crippen LogP contribution in [0.15, 0.2) is 12.1 Å². The predicted octanol–water partition coefficient (Wildman–Crippen LogP) is 2.42. The Balaban J connectivity index is 2.02. The molecule has 1 aliphatic rings. The summed E-state index contributed by atoms with van der Waals surface area (Å²) in [6.07, 6.45) is 0.0406. The van der Waals surface area contributed by atoms with Crippen molar-refractivity contribution in [3.8, 4) is 0 Å². The van der Waals surface area contributed by atoms with E-state index < -0.39 is 0 Å². The lowest BCUT2D eigenvalue weighted by Crippen LogP contribution is -2.52. The summed E-state index contributed by atoms with van der Waals surface area (Å²) < 4.78 is 5.52. The maximum Gasteiger partial charge on any atom is 0.323 e. The van der Waals surface area contributed by atoms with E-state index in [1.807, 2.05) is 19.9 Å². The number of carbonyl (C=O) groups is 1. The highest BCUT2D eigenvalue weighted by Crippen LogP contribution is 2.20. The molecule has 1 N–H and O–H groups in total. The molecule has 1 saturated heterocycles. The standard InChI is InChI=1S/C15H24N4O2/c1-10-11(2)21-9-8-19(10)14(20)16-13-7-6-12(17-18-13)15(3,4)5/h6-7,10-11H,8-9H2,1-5H3,(H,16,18,20)/t10-,11-/m1/s1. The molecule has 0 aromatic carbocycles.